The van der Waals surface area contributed by atoms with E-state index >= 15 is 0 Å². The topological polar surface area (TPSA) is 279 Å². The molecule has 0 amide bonds. The van der Waals surface area contributed by atoms with Crippen LogP contribution in [0.25, 0.3) is 0 Å². The van der Waals surface area contributed by atoms with Crippen LogP contribution < -0.4 is 5.32 Å². The van der Waals surface area contributed by atoms with E-state index in [1.807, 2.05) is 0 Å². The van der Waals surface area contributed by atoms with Crippen molar-refractivity contribution < 1.29 is 84.2 Å². The van der Waals surface area contributed by atoms with Crippen LogP contribution in [-0.2, 0) is 33.2 Å². The Hall–Kier alpha value is -0.980. The third kappa shape index (κ3) is 7.62. The smallest absolute Gasteiger partial charge is 0.187 e. The van der Waals surface area contributed by atoms with E-state index in [2.05, 4.69) is 32.2 Å². The quantitative estimate of drug-likeness (QED) is 0.127. The van der Waals surface area contributed by atoms with Crippen LogP contribution in [0.15, 0.2) is 11.6 Å². The average Bonchev–Trinajstić information content (AvgIpc) is 3.71. The predicted molar refractivity (Wildman–Crippen MR) is 218 cm³/mol. The number of aliphatic hydroxyl groups excluding tert-OH is 10. The summed E-state index contributed by atoms with van der Waals surface area (Å²) in [7, 11) is 0. The normalized spacial score (nSPS) is 58.1. The summed E-state index contributed by atoms with van der Waals surface area (Å²) in [4.78, 5) is 0. The summed E-state index contributed by atoms with van der Waals surface area (Å²) in [6, 6.07) is 0. The Bertz CT molecular complexity index is 1650. The summed E-state index contributed by atoms with van der Waals surface area (Å²) >= 11 is 0. The van der Waals surface area contributed by atoms with Crippen molar-refractivity contribution >= 4 is 0 Å². The second-order valence-corrected chi connectivity index (χ2v) is 21.2. The molecule has 0 aromatic carbocycles. The molecule has 360 valence electrons. The van der Waals surface area contributed by atoms with Crippen LogP contribution in [0.4, 0.5) is 0 Å². The Morgan fingerprint density at radius 2 is 1.35 bits per heavy atom. The lowest BCUT2D eigenvalue weighted by Crippen LogP contribution is -2.66. The molecule has 3 saturated carbocycles. The van der Waals surface area contributed by atoms with Crippen molar-refractivity contribution in [3.63, 3.8) is 0 Å². The van der Waals surface area contributed by atoms with Crippen molar-refractivity contribution in [1.29, 1.82) is 0 Å². The molecule has 9 rings (SSSR count). The van der Waals surface area contributed by atoms with Crippen molar-refractivity contribution in [2.75, 3.05) is 19.8 Å². The molecule has 5 heterocycles. The monoisotopic (exact) mass is 899 g/mol. The fraction of sp³-hybridized carbons (Fsp3) is 0.956. The Kier molecular flexibility index (Phi) is 13.1. The van der Waals surface area contributed by atoms with Gasteiger partial charge in [0.05, 0.1) is 37.1 Å². The molecule has 0 aromatic heterocycles. The standard InChI is InChI=1S/C45H73NO17/c1-18-30-27(63-45(18)11-8-21(16-47)15-46-45)13-26-24-7-6-22-12-23(9-10-43(22,4)25(24)14-29(49)44(26,30)5)59-42-39(62-41-36(55)34(53)32(51)20(3)58-41)37(56)38(28(17-48)60-42)61-40-35(54)33(52)31(50)19(2)57-40/h6,18-21,23-42,46-56H,7-17H2,1-5H3/t18-,19-,20-,21+,23-,24?,25?,26?,27-,28+,29+,30?,31-,32-,33+,34+,35+,36+,37-,38+,39+,40-,41-,42+,43-,44+,45+/m0/s1. The highest BCUT2D eigenvalue weighted by Crippen LogP contribution is 2.70. The minimum atomic E-state index is -1.73. The summed E-state index contributed by atoms with van der Waals surface area (Å²) in [5, 5.41) is 112. The zero-order valence-electron chi connectivity index (χ0n) is 37.0. The van der Waals surface area contributed by atoms with Crippen molar-refractivity contribution in [2.45, 2.75) is 202 Å². The van der Waals surface area contributed by atoms with E-state index in [0.29, 0.717) is 25.2 Å². The molecule has 5 saturated heterocycles. The molecule has 11 N–H and O–H groups in total. The molecule has 18 heteroatoms. The van der Waals surface area contributed by atoms with E-state index in [9.17, 15) is 51.1 Å². The highest BCUT2D eigenvalue weighted by Gasteiger charge is 2.71. The predicted octanol–water partition coefficient (Wildman–Crippen LogP) is -1.24. The zero-order valence-corrected chi connectivity index (χ0v) is 37.0. The fourth-order valence-electron chi connectivity index (χ4n) is 14.2. The van der Waals surface area contributed by atoms with Crippen LogP contribution in [0.1, 0.15) is 86.0 Å². The Morgan fingerprint density at radius 1 is 0.698 bits per heavy atom. The molecule has 0 bridgehead atoms. The van der Waals surface area contributed by atoms with Gasteiger partial charge in [0.25, 0.3) is 0 Å². The molecule has 27 atom stereocenters. The molecule has 0 aromatic rings. The lowest BCUT2D eigenvalue weighted by Gasteiger charge is -2.60. The SMILES string of the molecule is C[C@@H]1O[C@@H](O[C@H]2[C@H](O[C@H]3CC[C@@]4(C)C(=CCC5C6C[C@@H]7O[C@]8(CC[C@@H](CO)CN8)[C@@H](C)C7[C@@]6(C)[C@H](O)CC54)C3)O[C@H](CO)[C@@H](O[C@@H]3O[C@@H](C)[C@H](O)[C@@H](O)[C@H]3O)[C@@H]2O)[C@H](O)[C@H](O)[C@H]1O. The summed E-state index contributed by atoms with van der Waals surface area (Å²) in [5.74, 6) is 1.56. The number of aliphatic hydroxyl groups is 10. The first kappa shape index (κ1) is 47.1. The van der Waals surface area contributed by atoms with Crippen molar-refractivity contribution in [2.24, 2.45) is 46.3 Å². The van der Waals surface area contributed by atoms with Gasteiger partial charge in [-0.05, 0) is 100 Å². The largest absolute Gasteiger partial charge is 0.396 e. The Morgan fingerprint density at radius 3 is 1.95 bits per heavy atom. The lowest BCUT2D eigenvalue weighted by atomic mass is 9.46. The molecule has 5 aliphatic heterocycles. The second kappa shape index (κ2) is 17.5. The van der Waals surface area contributed by atoms with E-state index in [1.54, 1.807) is 0 Å². The first-order valence-electron chi connectivity index (χ1n) is 23.6. The summed E-state index contributed by atoms with van der Waals surface area (Å²) in [5.41, 5.74) is 0.298. The molecule has 8 fully saturated rings. The molecule has 1 spiro atoms. The maximum absolute atomic E-state index is 12.3. The highest BCUT2D eigenvalue weighted by molar-refractivity contribution is 5.27. The van der Waals surface area contributed by atoms with Gasteiger partial charge in [0, 0.05) is 24.5 Å². The van der Waals surface area contributed by atoms with Gasteiger partial charge in [-0.25, -0.2) is 0 Å². The molecule has 18 nitrogen and oxygen atoms in total. The van der Waals surface area contributed by atoms with Gasteiger partial charge in [-0.3, -0.25) is 5.32 Å². The van der Waals surface area contributed by atoms with Gasteiger partial charge in [0.15, 0.2) is 18.9 Å². The van der Waals surface area contributed by atoms with E-state index in [1.165, 1.54) is 19.4 Å². The van der Waals surface area contributed by atoms with Crippen molar-refractivity contribution in [1.82, 2.24) is 5.32 Å². The first-order chi connectivity index (χ1) is 29.9. The van der Waals surface area contributed by atoms with Crippen molar-refractivity contribution in [3.05, 3.63) is 11.6 Å². The van der Waals surface area contributed by atoms with Gasteiger partial charge in [-0.2, -0.15) is 0 Å². The molecule has 0 radical (unpaired) electrons. The number of rotatable bonds is 8. The molecular weight excluding hydrogens is 826 g/mol. The summed E-state index contributed by atoms with van der Waals surface area (Å²) < 4.78 is 43.5. The van der Waals surface area contributed by atoms with E-state index < -0.39 is 117 Å². The minimum absolute atomic E-state index is 0.0534. The number of allylic oxidation sites excluding steroid dienone is 1. The maximum atomic E-state index is 12.3. The third-order valence-corrected chi connectivity index (χ3v) is 18.1. The first-order valence-corrected chi connectivity index (χ1v) is 23.6. The van der Waals surface area contributed by atoms with Crippen LogP contribution in [0.5, 0.6) is 0 Å². The Balaban J connectivity index is 0.922. The van der Waals surface area contributed by atoms with Gasteiger partial charge in [0.1, 0.15) is 66.8 Å². The molecule has 4 aliphatic carbocycles. The van der Waals surface area contributed by atoms with Crippen molar-refractivity contribution in [3.8, 4) is 0 Å². The summed E-state index contributed by atoms with van der Waals surface area (Å²) in [6.45, 7) is 10.1. The summed E-state index contributed by atoms with van der Waals surface area (Å²) in [6.07, 6.45) is -14.3. The van der Waals surface area contributed by atoms with Crippen LogP contribution in [0.3, 0.4) is 0 Å². The number of fused-ring (bicyclic) bond motifs is 7. The van der Waals surface area contributed by atoms with E-state index in [-0.39, 0.29) is 53.1 Å². The van der Waals surface area contributed by atoms with Crippen LogP contribution in [-0.4, -0.2) is 187 Å². The van der Waals surface area contributed by atoms with Gasteiger partial charge >= 0.3 is 0 Å². The molecule has 4 unspecified atom stereocenters. The van der Waals surface area contributed by atoms with E-state index in [4.69, 9.17) is 33.2 Å². The molecular formula is C45H73NO17. The van der Waals surface area contributed by atoms with Crippen LogP contribution in [0.2, 0.25) is 0 Å². The van der Waals surface area contributed by atoms with Gasteiger partial charge in [-0.1, -0.05) is 32.4 Å². The highest BCUT2D eigenvalue weighted by atomic mass is 16.8. The lowest BCUT2D eigenvalue weighted by molar-refractivity contribution is -0.388. The average molecular weight is 900 g/mol. The minimum Gasteiger partial charge on any atom is -0.396 e. The van der Waals surface area contributed by atoms with Gasteiger partial charge in [0.2, 0.25) is 0 Å². The number of hydrogen-bond donors (Lipinski definition) is 11. The Labute approximate surface area is 368 Å². The number of hydrogen-bond acceptors (Lipinski definition) is 18. The van der Waals surface area contributed by atoms with Crippen LogP contribution >= 0.6 is 0 Å². The molecule has 63 heavy (non-hydrogen) atoms. The molecule has 9 aliphatic rings. The number of piperidine rings is 1. The maximum Gasteiger partial charge on any atom is 0.187 e. The van der Waals surface area contributed by atoms with E-state index in [0.717, 1.165) is 38.6 Å². The number of nitrogens with one attached hydrogen (secondary N) is 1. The third-order valence-electron chi connectivity index (χ3n) is 18.1. The number of ether oxygens (including phenoxy) is 7. The second-order valence-electron chi connectivity index (χ2n) is 21.2. The van der Waals surface area contributed by atoms with Gasteiger partial charge in [-0.15, -0.1) is 0 Å². The van der Waals surface area contributed by atoms with Gasteiger partial charge < -0.3 is 84.2 Å². The fourth-order valence-corrected chi connectivity index (χ4v) is 14.2. The zero-order chi connectivity index (χ0) is 45.1. The van der Waals surface area contributed by atoms with Crippen LogP contribution in [0, 0.1) is 46.3 Å².